The molecule has 0 aliphatic carbocycles. The van der Waals surface area contributed by atoms with Crippen molar-refractivity contribution in [2.24, 2.45) is 0 Å². The molecule has 0 aliphatic heterocycles. The van der Waals surface area contributed by atoms with Gasteiger partial charge in [-0.2, -0.15) is 0 Å². The Bertz CT molecular complexity index is 2860. The minimum absolute atomic E-state index is 0.610. The first-order valence-corrected chi connectivity index (χ1v) is 18.3. The molecule has 0 amide bonds. The smallest absolute Gasteiger partial charge is 0.164 e. The van der Waals surface area contributed by atoms with E-state index in [2.05, 4.69) is 91.0 Å². The van der Waals surface area contributed by atoms with Crippen LogP contribution in [0.5, 0.6) is 0 Å². The molecule has 0 saturated heterocycles. The Morgan fingerprint density at radius 1 is 0.302 bits per heavy atom. The molecule has 0 fully saturated rings. The van der Waals surface area contributed by atoms with E-state index in [4.69, 9.17) is 24.9 Å². The number of fused-ring (bicyclic) bond motifs is 4. The third-order valence-corrected chi connectivity index (χ3v) is 10.8. The Balaban J connectivity index is 1.05. The predicted molar refractivity (Wildman–Crippen MR) is 218 cm³/mol. The van der Waals surface area contributed by atoms with Crippen molar-refractivity contribution in [3.63, 3.8) is 0 Å². The van der Waals surface area contributed by atoms with Gasteiger partial charge in [0.15, 0.2) is 17.5 Å². The van der Waals surface area contributed by atoms with Crippen molar-refractivity contribution in [3.8, 4) is 67.8 Å². The molecule has 0 bridgehead atoms. The maximum Gasteiger partial charge on any atom is 0.164 e. The molecule has 0 radical (unpaired) electrons. The molecule has 10 aromatic rings. The normalized spacial score (nSPS) is 11.4. The number of nitrogens with zero attached hydrogens (tertiary/aromatic N) is 5. The summed E-state index contributed by atoms with van der Waals surface area (Å²) in [5, 5.41) is 2.60. The summed E-state index contributed by atoms with van der Waals surface area (Å²) in [5.74, 6) is 1.87. The Morgan fingerprint density at radius 3 is 1.30 bits per heavy atom. The van der Waals surface area contributed by atoms with E-state index in [1.54, 1.807) is 0 Å². The van der Waals surface area contributed by atoms with E-state index in [1.807, 2.05) is 96.3 Å². The minimum Gasteiger partial charge on any atom is -0.244 e. The van der Waals surface area contributed by atoms with E-state index in [0.717, 1.165) is 50.2 Å². The topological polar surface area (TPSA) is 64.5 Å². The van der Waals surface area contributed by atoms with Gasteiger partial charge in [-0.1, -0.05) is 158 Å². The average Bonchev–Trinajstić information content (AvgIpc) is 3.63. The molecule has 10 rings (SSSR count). The van der Waals surface area contributed by atoms with Crippen LogP contribution < -0.4 is 0 Å². The number of thiophene rings is 1. The van der Waals surface area contributed by atoms with Crippen LogP contribution in [0.4, 0.5) is 0 Å². The van der Waals surface area contributed by atoms with E-state index in [0.29, 0.717) is 17.5 Å². The highest BCUT2D eigenvalue weighted by molar-refractivity contribution is 7.26. The minimum atomic E-state index is 0.610. The molecule has 0 N–H and O–H groups in total. The standard InChI is InChI=1S/C47H29N5S/c1-3-12-33(13-4-1)45-50-46(34-14-5-2-6-15-34)52-47(51-45)35-28-26-32(27-29-35)43-42(48-39-19-8-9-20-40(39)49-43)31-24-22-30(23-25-31)36-17-11-18-38-37-16-7-10-21-41(37)53-44(36)38/h1-29H. The summed E-state index contributed by atoms with van der Waals surface area (Å²) in [7, 11) is 0. The highest BCUT2D eigenvalue weighted by Gasteiger charge is 2.17. The summed E-state index contributed by atoms with van der Waals surface area (Å²) in [4.78, 5) is 25.1. The molecule has 6 heteroatoms. The highest BCUT2D eigenvalue weighted by Crippen LogP contribution is 2.41. The molecular formula is C47H29N5S. The average molecular weight is 696 g/mol. The van der Waals surface area contributed by atoms with E-state index in [-0.39, 0.29) is 0 Å². The second-order valence-corrected chi connectivity index (χ2v) is 13.9. The number of aromatic nitrogens is 5. The molecule has 0 unspecified atom stereocenters. The van der Waals surface area contributed by atoms with Gasteiger partial charge < -0.3 is 0 Å². The monoisotopic (exact) mass is 695 g/mol. The number of rotatable bonds is 6. The molecule has 0 saturated carbocycles. The summed E-state index contributed by atoms with van der Waals surface area (Å²) in [6, 6.07) is 60.4. The van der Waals surface area contributed by atoms with Crippen LogP contribution in [0.1, 0.15) is 0 Å². The summed E-state index contributed by atoms with van der Waals surface area (Å²) < 4.78 is 2.61. The number of benzene rings is 7. The zero-order valence-electron chi connectivity index (χ0n) is 28.4. The third-order valence-electron chi connectivity index (χ3n) is 9.56. The van der Waals surface area contributed by atoms with E-state index in [9.17, 15) is 0 Å². The maximum atomic E-state index is 5.18. The molecule has 5 nitrogen and oxygen atoms in total. The molecule has 248 valence electrons. The zero-order chi connectivity index (χ0) is 35.1. The van der Waals surface area contributed by atoms with Crippen molar-refractivity contribution in [2.45, 2.75) is 0 Å². The Labute approximate surface area is 310 Å². The first kappa shape index (κ1) is 30.9. The lowest BCUT2D eigenvalue weighted by Crippen LogP contribution is -2.00. The first-order chi connectivity index (χ1) is 26.2. The molecular weight excluding hydrogens is 667 g/mol. The molecule has 7 aromatic carbocycles. The molecule has 53 heavy (non-hydrogen) atoms. The summed E-state index contributed by atoms with van der Waals surface area (Å²) in [5.41, 5.74) is 10.5. The van der Waals surface area contributed by atoms with Gasteiger partial charge in [0.05, 0.1) is 22.4 Å². The fraction of sp³-hybridized carbons (Fsp3) is 0. The Kier molecular flexibility index (Phi) is 7.59. The number of hydrogen-bond donors (Lipinski definition) is 0. The van der Waals surface area contributed by atoms with E-state index < -0.39 is 0 Å². The van der Waals surface area contributed by atoms with Crippen molar-refractivity contribution >= 4 is 42.5 Å². The first-order valence-electron chi connectivity index (χ1n) is 17.5. The lowest BCUT2D eigenvalue weighted by molar-refractivity contribution is 1.07. The molecule has 0 atom stereocenters. The highest BCUT2D eigenvalue weighted by atomic mass is 32.1. The quantitative estimate of drug-likeness (QED) is 0.173. The molecule has 3 heterocycles. The fourth-order valence-corrected chi connectivity index (χ4v) is 8.14. The van der Waals surface area contributed by atoms with Gasteiger partial charge in [-0.3, -0.25) is 0 Å². The van der Waals surface area contributed by atoms with Gasteiger partial charge in [0.2, 0.25) is 0 Å². The molecule has 0 spiro atoms. The largest absolute Gasteiger partial charge is 0.244 e. The van der Waals surface area contributed by atoms with Gasteiger partial charge in [-0.25, -0.2) is 24.9 Å². The SMILES string of the molecule is c1ccc(-c2nc(-c3ccccc3)nc(-c3ccc(-c4nc5ccccc5nc4-c4ccc(-c5cccc6c5sc5ccccc56)cc4)cc3)n2)cc1. The summed E-state index contributed by atoms with van der Waals surface area (Å²) in [6.45, 7) is 0. The lowest BCUT2D eigenvalue weighted by atomic mass is 9.98. The van der Waals surface area contributed by atoms with Crippen LogP contribution in [0.3, 0.4) is 0 Å². The van der Waals surface area contributed by atoms with Crippen LogP contribution in [0, 0.1) is 0 Å². The van der Waals surface area contributed by atoms with Gasteiger partial charge in [0, 0.05) is 48.0 Å². The second-order valence-electron chi connectivity index (χ2n) is 12.9. The Hall–Kier alpha value is -6.89. The van der Waals surface area contributed by atoms with Crippen LogP contribution in [0.2, 0.25) is 0 Å². The zero-order valence-corrected chi connectivity index (χ0v) is 29.2. The van der Waals surface area contributed by atoms with Crippen molar-refractivity contribution in [1.29, 1.82) is 0 Å². The van der Waals surface area contributed by atoms with Crippen LogP contribution in [-0.4, -0.2) is 24.9 Å². The summed E-state index contributed by atoms with van der Waals surface area (Å²) >= 11 is 1.85. The van der Waals surface area contributed by atoms with Crippen LogP contribution in [-0.2, 0) is 0 Å². The van der Waals surface area contributed by atoms with Crippen LogP contribution in [0.15, 0.2) is 176 Å². The van der Waals surface area contributed by atoms with Gasteiger partial charge in [0.25, 0.3) is 0 Å². The summed E-state index contributed by atoms with van der Waals surface area (Å²) in [6.07, 6.45) is 0. The van der Waals surface area contributed by atoms with Crippen molar-refractivity contribution in [3.05, 3.63) is 176 Å². The Morgan fingerprint density at radius 2 is 0.736 bits per heavy atom. The number of hydrogen-bond acceptors (Lipinski definition) is 6. The van der Waals surface area contributed by atoms with Gasteiger partial charge in [-0.05, 0) is 29.3 Å². The maximum absolute atomic E-state index is 5.18. The molecule has 0 aliphatic rings. The van der Waals surface area contributed by atoms with Crippen molar-refractivity contribution < 1.29 is 0 Å². The fourth-order valence-electron chi connectivity index (χ4n) is 6.90. The second kappa shape index (κ2) is 13.0. The van der Waals surface area contributed by atoms with Gasteiger partial charge in [0.1, 0.15) is 0 Å². The van der Waals surface area contributed by atoms with E-state index in [1.165, 1.54) is 31.3 Å². The van der Waals surface area contributed by atoms with Gasteiger partial charge >= 0.3 is 0 Å². The van der Waals surface area contributed by atoms with E-state index >= 15 is 0 Å². The third kappa shape index (κ3) is 5.72. The van der Waals surface area contributed by atoms with Crippen LogP contribution >= 0.6 is 11.3 Å². The number of para-hydroxylation sites is 2. The van der Waals surface area contributed by atoms with Gasteiger partial charge in [-0.15, -0.1) is 11.3 Å². The molecule has 3 aromatic heterocycles. The van der Waals surface area contributed by atoms with Crippen molar-refractivity contribution in [2.75, 3.05) is 0 Å². The lowest BCUT2D eigenvalue weighted by Gasteiger charge is -2.12. The predicted octanol–water partition coefficient (Wildman–Crippen LogP) is 12.2. The van der Waals surface area contributed by atoms with Crippen LogP contribution in [0.25, 0.3) is 99.0 Å². The van der Waals surface area contributed by atoms with Crippen molar-refractivity contribution in [1.82, 2.24) is 24.9 Å².